The monoisotopic (exact) mass is 454 g/mol. The molecular weight excluding hydrogens is 438 g/mol. The van der Waals surface area contributed by atoms with Crippen LogP contribution in [0.2, 0.25) is 0 Å². The number of benzene rings is 2. The maximum absolute atomic E-state index is 14.8. The van der Waals surface area contributed by atoms with Crippen molar-refractivity contribution in [3.8, 4) is 0 Å². The zero-order chi connectivity index (χ0) is 22.5. The van der Waals surface area contributed by atoms with E-state index in [0.29, 0.717) is 27.2 Å². The molecule has 5 rings (SSSR count). The smallest absolute Gasteiger partial charge is 0.263 e. The van der Waals surface area contributed by atoms with Gasteiger partial charge in [-0.05, 0) is 25.1 Å². The fraction of sp³-hybridized carbons (Fsp3) is 0.190. The fourth-order valence-electron chi connectivity index (χ4n) is 3.89. The van der Waals surface area contributed by atoms with Gasteiger partial charge in [-0.1, -0.05) is 6.07 Å². The first-order valence-corrected chi connectivity index (χ1v) is 10.5. The van der Waals surface area contributed by atoms with Crippen LogP contribution >= 0.6 is 11.3 Å². The van der Waals surface area contributed by atoms with Gasteiger partial charge in [0.1, 0.15) is 29.9 Å². The molecule has 0 aliphatic rings. The van der Waals surface area contributed by atoms with Crippen molar-refractivity contribution in [2.45, 2.75) is 25.1 Å². The number of aromatic nitrogens is 6. The molecule has 5 aromatic rings. The minimum atomic E-state index is -1.98. The van der Waals surface area contributed by atoms with E-state index in [0.717, 1.165) is 6.07 Å². The third-order valence-corrected chi connectivity index (χ3v) is 6.48. The van der Waals surface area contributed by atoms with Crippen LogP contribution < -0.4 is 5.56 Å². The Morgan fingerprint density at radius 1 is 1.16 bits per heavy atom. The first-order chi connectivity index (χ1) is 15.4. The van der Waals surface area contributed by atoms with Gasteiger partial charge in [0.25, 0.3) is 5.56 Å². The molecular formula is C21H16F2N6O2S. The fourth-order valence-corrected chi connectivity index (χ4v) is 4.71. The molecule has 0 aliphatic carbocycles. The third kappa shape index (κ3) is 3.17. The van der Waals surface area contributed by atoms with Gasteiger partial charge < -0.3 is 5.11 Å². The standard InChI is InChI=1S/C21H16F2N6O2S/c1-12(29-10-25-16-4-5-17-19(32-11-26-17)18(16)20(29)30)21(31,7-28-9-24-8-27-28)14-3-2-13(22)6-15(14)23/h2-6,8-12,31H,7H2,1H3/t12-,21-/m1/s1. The van der Waals surface area contributed by atoms with E-state index in [2.05, 4.69) is 20.1 Å². The number of fused-ring (bicyclic) bond motifs is 3. The zero-order valence-electron chi connectivity index (χ0n) is 16.7. The molecule has 0 fully saturated rings. The van der Waals surface area contributed by atoms with Crippen LogP contribution in [-0.2, 0) is 12.1 Å². The largest absolute Gasteiger partial charge is 0.381 e. The Morgan fingerprint density at radius 2 is 1.97 bits per heavy atom. The highest BCUT2D eigenvalue weighted by atomic mass is 32.1. The molecule has 11 heteroatoms. The van der Waals surface area contributed by atoms with E-state index in [1.807, 2.05) is 0 Å². The molecule has 162 valence electrons. The van der Waals surface area contributed by atoms with Gasteiger partial charge in [-0.2, -0.15) is 5.10 Å². The van der Waals surface area contributed by atoms with Gasteiger partial charge in [0.05, 0.1) is 45.5 Å². The molecule has 8 nitrogen and oxygen atoms in total. The molecule has 0 saturated heterocycles. The summed E-state index contributed by atoms with van der Waals surface area (Å²) in [4.78, 5) is 26.0. The van der Waals surface area contributed by atoms with Gasteiger partial charge in [0, 0.05) is 11.6 Å². The van der Waals surface area contributed by atoms with E-state index < -0.39 is 28.8 Å². The highest BCUT2D eigenvalue weighted by Gasteiger charge is 2.41. The van der Waals surface area contributed by atoms with Crippen LogP contribution in [0.15, 0.2) is 59.6 Å². The van der Waals surface area contributed by atoms with E-state index in [9.17, 15) is 18.7 Å². The molecule has 0 saturated carbocycles. The second-order valence-electron chi connectivity index (χ2n) is 7.43. The molecule has 2 atom stereocenters. The highest BCUT2D eigenvalue weighted by molar-refractivity contribution is 7.17. The Morgan fingerprint density at radius 3 is 2.72 bits per heavy atom. The van der Waals surface area contributed by atoms with E-state index in [1.165, 1.54) is 45.6 Å². The van der Waals surface area contributed by atoms with E-state index in [4.69, 9.17) is 0 Å². The van der Waals surface area contributed by atoms with Gasteiger partial charge >= 0.3 is 0 Å². The minimum absolute atomic E-state index is 0.176. The summed E-state index contributed by atoms with van der Waals surface area (Å²) < 4.78 is 31.6. The van der Waals surface area contributed by atoms with Crippen molar-refractivity contribution in [1.82, 2.24) is 29.3 Å². The van der Waals surface area contributed by atoms with Crippen LogP contribution in [0.25, 0.3) is 21.1 Å². The number of thiazole rings is 1. The maximum atomic E-state index is 14.8. The zero-order valence-corrected chi connectivity index (χ0v) is 17.5. The van der Waals surface area contributed by atoms with Crippen molar-refractivity contribution in [2.24, 2.45) is 0 Å². The minimum Gasteiger partial charge on any atom is -0.381 e. The van der Waals surface area contributed by atoms with Crippen molar-refractivity contribution in [3.05, 3.63) is 82.4 Å². The summed E-state index contributed by atoms with van der Waals surface area (Å²) in [5, 5.41) is 16.1. The summed E-state index contributed by atoms with van der Waals surface area (Å²) in [6.45, 7) is 1.34. The molecule has 3 heterocycles. The van der Waals surface area contributed by atoms with Gasteiger partial charge in [-0.25, -0.2) is 28.4 Å². The summed E-state index contributed by atoms with van der Waals surface area (Å²) in [5.41, 5.74) is 0.227. The van der Waals surface area contributed by atoms with Crippen LogP contribution in [-0.4, -0.2) is 34.4 Å². The van der Waals surface area contributed by atoms with E-state index in [1.54, 1.807) is 24.6 Å². The van der Waals surface area contributed by atoms with Crippen molar-refractivity contribution >= 4 is 32.5 Å². The lowest BCUT2D eigenvalue weighted by Crippen LogP contribution is -2.43. The van der Waals surface area contributed by atoms with Gasteiger partial charge in [0.15, 0.2) is 0 Å². The van der Waals surface area contributed by atoms with Gasteiger partial charge in [0.2, 0.25) is 0 Å². The lowest BCUT2D eigenvalue weighted by molar-refractivity contribution is -0.0343. The average molecular weight is 454 g/mol. The number of halogens is 2. The van der Waals surface area contributed by atoms with Crippen LogP contribution in [0.3, 0.4) is 0 Å². The van der Waals surface area contributed by atoms with E-state index in [-0.39, 0.29) is 12.1 Å². The first kappa shape index (κ1) is 20.3. The summed E-state index contributed by atoms with van der Waals surface area (Å²) in [6, 6.07) is 5.40. The highest BCUT2D eigenvalue weighted by Crippen LogP contribution is 2.36. The van der Waals surface area contributed by atoms with Gasteiger partial charge in [-0.15, -0.1) is 11.3 Å². The second kappa shape index (κ2) is 7.53. The SMILES string of the molecule is C[C@@H](n1cnc2ccc3ncsc3c2c1=O)[C@](O)(Cn1cncn1)c1ccc(F)cc1F. The number of hydrogen-bond donors (Lipinski definition) is 1. The molecule has 3 aromatic heterocycles. The van der Waals surface area contributed by atoms with Crippen LogP contribution in [0.1, 0.15) is 18.5 Å². The molecule has 32 heavy (non-hydrogen) atoms. The number of hydrogen-bond acceptors (Lipinski definition) is 7. The number of aliphatic hydroxyl groups is 1. The molecule has 0 amide bonds. The van der Waals surface area contributed by atoms with Crippen LogP contribution in [0.5, 0.6) is 0 Å². The van der Waals surface area contributed by atoms with Crippen LogP contribution in [0.4, 0.5) is 8.78 Å². The molecule has 0 aliphatic heterocycles. The normalized spacial score (nSPS) is 14.6. The Bertz CT molecular complexity index is 1500. The Kier molecular flexibility index (Phi) is 4.79. The predicted octanol–water partition coefficient (Wildman–Crippen LogP) is 3.02. The quantitative estimate of drug-likeness (QED) is 0.438. The van der Waals surface area contributed by atoms with Crippen molar-refractivity contribution < 1.29 is 13.9 Å². The number of rotatable bonds is 5. The Hall–Kier alpha value is -3.57. The lowest BCUT2D eigenvalue weighted by atomic mass is 9.86. The lowest BCUT2D eigenvalue weighted by Gasteiger charge is -2.35. The topological polar surface area (TPSA) is 98.7 Å². The van der Waals surface area contributed by atoms with E-state index >= 15 is 0 Å². The van der Waals surface area contributed by atoms with Crippen molar-refractivity contribution in [1.29, 1.82) is 0 Å². The Balaban J connectivity index is 1.72. The van der Waals surface area contributed by atoms with Crippen molar-refractivity contribution in [3.63, 3.8) is 0 Å². The summed E-state index contributed by atoms with van der Waals surface area (Å²) in [5.74, 6) is -1.72. The van der Waals surface area contributed by atoms with Crippen LogP contribution in [0, 0.1) is 11.6 Å². The molecule has 0 spiro atoms. The third-order valence-electron chi connectivity index (χ3n) is 5.62. The predicted molar refractivity (Wildman–Crippen MR) is 114 cm³/mol. The second-order valence-corrected chi connectivity index (χ2v) is 8.29. The first-order valence-electron chi connectivity index (χ1n) is 9.62. The maximum Gasteiger partial charge on any atom is 0.263 e. The summed E-state index contributed by atoms with van der Waals surface area (Å²) in [6.07, 6.45) is 3.95. The molecule has 0 bridgehead atoms. The molecule has 2 aromatic carbocycles. The molecule has 1 N–H and O–H groups in total. The molecule has 0 radical (unpaired) electrons. The van der Waals surface area contributed by atoms with Crippen molar-refractivity contribution in [2.75, 3.05) is 0 Å². The average Bonchev–Trinajstić information content (AvgIpc) is 3.45. The number of nitrogens with zero attached hydrogens (tertiary/aromatic N) is 6. The van der Waals surface area contributed by atoms with Gasteiger partial charge in [-0.3, -0.25) is 9.36 Å². The Labute approximate surface area is 183 Å². The molecule has 0 unspecified atom stereocenters. The summed E-state index contributed by atoms with van der Waals surface area (Å²) in [7, 11) is 0. The summed E-state index contributed by atoms with van der Waals surface area (Å²) >= 11 is 1.31.